The molecule has 0 saturated carbocycles. The zero-order valence-electron chi connectivity index (χ0n) is 39.5. The summed E-state index contributed by atoms with van der Waals surface area (Å²) in [6.07, 6.45) is 12.6. The lowest BCUT2D eigenvalue weighted by Gasteiger charge is -2.35. The van der Waals surface area contributed by atoms with Crippen molar-refractivity contribution in [3.63, 3.8) is 0 Å². The van der Waals surface area contributed by atoms with E-state index in [9.17, 15) is 19.8 Å². The van der Waals surface area contributed by atoms with Crippen LogP contribution in [0.5, 0.6) is 0 Å². The molecule has 0 bridgehead atoms. The average molecular weight is 900 g/mol. The number of nitrogens with one attached hydrogen (secondary N) is 2. The largest absolute Gasteiger partial charge is 0.375 e. The van der Waals surface area contributed by atoms with Crippen molar-refractivity contribution in [2.24, 2.45) is 4.99 Å². The summed E-state index contributed by atoms with van der Waals surface area (Å²) in [6, 6.07) is 33.9. The molecule has 348 valence electrons. The fourth-order valence-corrected chi connectivity index (χ4v) is 11.5. The number of fused-ring (bicyclic) bond motifs is 2. The van der Waals surface area contributed by atoms with E-state index >= 15 is 0 Å². The summed E-state index contributed by atoms with van der Waals surface area (Å²) in [5.74, 6) is 1.04. The maximum absolute atomic E-state index is 14.2. The molecule has 8 atom stereocenters. The molecule has 3 saturated heterocycles. The van der Waals surface area contributed by atoms with E-state index in [1.54, 1.807) is 0 Å². The lowest BCUT2D eigenvalue weighted by atomic mass is 9.87. The van der Waals surface area contributed by atoms with E-state index in [2.05, 4.69) is 96.7 Å². The lowest BCUT2D eigenvalue weighted by molar-refractivity contribution is -0.154. The Labute approximate surface area is 394 Å². The van der Waals surface area contributed by atoms with Crippen LogP contribution in [0.25, 0.3) is 11.0 Å². The molecule has 4 aliphatic heterocycles. The molecule has 0 radical (unpaired) electrons. The molecule has 5 heterocycles. The van der Waals surface area contributed by atoms with Gasteiger partial charge in [0.25, 0.3) is 11.8 Å². The van der Waals surface area contributed by atoms with E-state index in [4.69, 9.17) is 9.98 Å². The SMILES string of the molecule is CC[C@](O)(C(=O)N1CCC[C@H]1C1=NC2C=CC([C@H]3CC[C@H](c4ccc5nc([C@@H]6CCCN6C(=O)[C@@](O)(CC)c6ccccc6)[nH]c5c4)N3c3ccc(C(C)(C)C)cc3)=CC2N1)c1ccccc1. The van der Waals surface area contributed by atoms with E-state index in [1.165, 1.54) is 22.4 Å². The van der Waals surface area contributed by atoms with Gasteiger partial charge in [-0.05, 0) is 109 Å². The second kappa shape index (κ2) is 17.6. The van der Waals surface area contributed by atoms with E-state index in [0.29, 0.717) is 24.2 Å². The second-order valence-electron chi connectivity index (χ2n) is 20.4. The van der Waals surface area contributed by atoms with Gasteiger partial charge in [0.05, 0.1) is 47.3 Å². The maximum atomic E-state index is 14.2. The first kappa shape index (κ1) is 44.8. The van der Waals surface area contributed by atoms with Gasteiger partial charge >= 0.3 is 0 Å². The summed E-state index contributed by atoms with van der Waals surface area (Å²) in [5.41, 5.74) is 4.75. The van der Waals surface area contributed by atoms with Crippen molar-refractivity contribution in [2.75, 3.05) is 18.0 Å². The first-order valence-electron chi connectivity index (χ1n) is 24.6. The van der Waals surface area contributed by atoms with E-state index in [1.807, 2.05) is 84.3 Å². The molecule has 1 aliphatic carbocycles. The van der Waals surface area contributed by atoms with Gasteiger partial charge in [-0.25, -0.2) is 4.98 Å². The maximum Gasteiger partial charge on any atom is 0.259 e. The monoisotopic (exact) mass is 900 g/mol. The zero-order valence-corrected chi connectivity index (χ0v) is 39.5. The molecule has 11 nitrogen and oxygen atoms in total. The first-order chi connectivity index (χ1) is 32.3. The van der Waals surface area contributed by atoms with Crippen molar-refractivity contribution in [3.05, 3.63) is 155 Å². The van der Waals surface area contributed by atoms with Crippen LogP contribution in [-0.4, -0.2) is 84.9 Å². The Morgan fingerprint density at radius 1 is 0.701 bits per heavy atom. The van der Waals surface area contributed by atoms with Crippen LogP contribution >= 0.6 is 0 Å². The van der Waals surface area contributed by atoms with Crippen LogP contribution in [-0.2, 0) is 26.2 Å². The molecule has 1 aromatic heterocycles. The van der Waals surface area contributed by atoms with Gasteiger partial charge in [-0.1, -0.05) is 132 Å². The van der Waals surface area contributed by atoms with E-state index in [-0.39, 0.29) is 66.3 Å². The number of aliphatic hydroxyl groups is 2. The number of aromatic nitrogens is 2. The molecule has 10 rings (SSSR count). The van der Waals surface area contributed by atoms with E-state index in [0.717, 1.165) is 61.2 Å². The van der Waals surface area contributed by atoms with Crippen LogP contribution in [0.4, 0.5) is 5.69 Å². The number of hydrogen-bond donors (Lipinski definition) is 4. The lowest BCUT2D eigenvalue weighted by Crippen LogP contribution is -2.53. The number of carbonyl (C=O) groups is 2. The predicted molar refractivity (Wildman–Crippen MR) is 265 cm³/mol. The van der Waals surface area contributed by atoms with Gasteiger partial charge in [0.2, 0.25) is 0 Å². The summed E-state index contributed by atoms with van der Waals surface area (Å²) in [4.78, 5) is 48.5. The Kier molecular flexibility index (Phi) is 11.7. The molecule has 2 unspecified atom stereocenters. The van der Waals surface area contributed by atoms with Crippen LogP contribution < -0.4 is 10.2 Å². The Balaban J connectivity index is 0.912. The van der Waals surface area contributed by atoms with Crippen molar-refractivity contribution in [3.8, 4) is 0 Å². The number of anilines is 1. The van der Waals surface area contributed by atoms with Crippen LogP contribution in [0.3, 0.4) is 0 Å². The average Bonchev–Trinajstić information content (AvgIpc) is 4.22. The predicted octanol–water partition coefficient (Wildman–Crippen LogP) is 9.06. The number of nitrogens with zero attached hydrogens (tertiary/aromatic N) is 5. The number of aromatic amines is 1. The minimum Gasteiger partial charge on any atom is -0.375 e. The molecule has 5 aromatic rings. The highest BCUT2D eigenvalue weighted by Gasteiger charge is 2.47. The fraction of sp³-hybridized carbons (Fsp3) is 0.429. The number of H-pyrrole nitrogens is 1. The van der Waals surface area contributed by atoms with Gasteiger partial charge in [-0.3, -0.25) is 14.6 Å². The number of rotatable bonds is 11. The minimum atomic E-state index is -1.60. The van der Waals surface area contributed by atoms with Crippen molar-refractivity contribution in [1.82, 2.24) is 25.1 Å². The summed E-state index contributed by atoms with van der Waals surface area (Å²) < 4.78 is 0. The van der Waals surface area contributed by atoms with Gasteiger partial charge < -0.3 is 35.2 Å². The molecular formula is C56H65N7O4. The van der Waals surface area contributed by atoms with Crippen molar-refractivity contribution < 1.29 is 19.8 Å². The van der Waals surface area contributed by atoms with Crippen LogP contribution in [0.15, 0.2) is 132 Å². The summed E-state index contributed by atoms with van der Waals surface area (Å²) in [7, 11) is 0. The van der Waals surface area contributed by atoms with Gasteiger partial charge in [0.1, 0.15) is 11.7 Å². The summed E-state index contributed by atoms with van der Waals surface area (Å²) in [6.45, 7) is 11.6. The first-order valence-corrected chi connectivity index (χ1v) is 24.6. The van der Waals surface area contributed by atoms with E-state index < -0.39 is 11.2 Å². The second-order valence-corrected chi connectivity index (χ2v) is 20.4. The topological polar surface area (TPSA) is 137 Å². The highest BCUT2D eigenvalue weighted by molar-refractivity contribution is 5.96. The third kappa shape index (κ3) is 7.97. The molecule has 5 aliphatic rings. The Morgan fingerprint density at radius 3 is 1.91 bits per heavy atom. The number of benzene rings is 4. The number of imidazole rings is 1. The standard InChI is InChI=1S/C56H65N7O4/c1-6-55(66,39-16-10-8-11-17-39)52(64)61-32-14-20-48(61)50-57-42-28-22-36(34-44(42)59-50)46-30-31-47(63(46)41-26-24-38(25-27-41)54(3,4)5)37-23-29-43-45(35-37)60-51(58-43)49-21-15-33-62(49)53(65)56(67,7-2)40-18-12-9-13-19-40/h8-13,16-19,22-29,34-35,42,44,46-49,66-67H,6-7,14-15,20-21,30-33H2,1-5H3,(H,57,59)(H,58,60)/t42?,44?,46-,47-,48+,49+,55-,56-/m1/s1. The number of amidine groups is 1. The Morgan fingerprint density at radius 2 is 1.30 bits per heavy atom. The number of carbonyl (C=O) groups excluding carboxylic acids is 2. The van der Waals surface area contributed by atoms with Crippen LogP contribution in [0.2, 0.25) is 0 Å². The molecule has 11 heteroatoms. The molecule has 4 aromatic carbocycles. The molecule has 67 heavy (non-hydrogen) atoms. The third-order valence-electron chi connectivity index (χ3n) is 15.4. The van der Waals surface area contributed by atoms with Gasteiger partial charge in [-0.2, -0.15) is 0 Å². The van der Waals surface area contributed by atoms with Crippen molar-refractivity contribution in [1.29, 1.82) is 0 Å². The quantitative estimate of drug-likeness (QED) is 0.104. The molecule has 2 amide bonds. The van der Waals surface area contributed by atoms with Gasteiger partial charge in [-0.15, -0.1) is 0 Å². The summed E-state index contributed by atoms with van der Waals surface area (Å²) >= 11 is 0. The molecular weight excluding hydrogens is 835 g/mol. The van der Waals surface area contributed by atoms with Gasteiger partial charge in [0.15, 0.2) is 11.2 Å². The Hall–Kier alpha value is -6.04. The highest BCUT2D eigenvalue weighted by atomic mass is 16.3. The van der Waals surface area contributed by atoms with Crippen molar-refractivity contribution in [2.45, 2.75) is 139 Å². The zero-order chi connectivity index (χ0) is 46.7. The highest BCUT2D eigenvalue weighted by Crippen LogP contribution is 2.45. The van der Waals surface area contributed by atoms with Crippen molar-refractivity contribution >= 4 is 34.4 Å². The normalized spacial score (nSPS) is 25.7. The van der Waals surface area contributed by atoms with Gasteiger partial charge in [0, 0.05) is 18.8 Å². The number of aliphatic imine (C=N–C) groups is 1. The molecule has 0 spiro atoms. The third-order valence-corrected chi connectivity index (χ3v) is 15.4. The number of hydrogen-bond acceptors (Lipinski definition) is 8. The van der Waals surface area contributed by atoms with Crippen LogP contribution in [0, 0.1) is 0 Å². The number of amides is 2. The fourth-order valence-electron chi connectivity index (χ4n) is 11.5. The summed E-state index contributed by atoms with van der Waals surface area (Å²) in [5, 5.41) is 27.4. The Bertz CT molecular complexity index is 2720. The minimum absolute atomic E-state index is 0.0216. The smallest absolute Gasteiger partial charge is 0.259 e. The molecule has 3 fully saturated rings. The van der Waals surface area contributed by atoms with Crippen LogP contribution in [0.1, 0.15) is 126 Å². The number of likely N-dealkylation sites (tertiary alicyclic amines) is 2. The molecule has 4 N–H and O–H groups in total.